The summed E-state index contributed by atoms with van der Waals surface area (Å²) in [5.74, 6) is 0.0661. The van der Waals surface area contributed by atoms with E-state index in [0.717, 1.165) is 19.6 Å². The molecule has 2 nitrogen and oxygen atoms in total. The van der Waals surface area contributed by atoms with Crippen LogP contribution >= 0.6 is 11.6 Å². The molecule has 1 saturated heterocycles. The maximum Gasteiger partial charge on any atom is 0.127 e. The highest BCUT2D eigenvalue weighted by atomic mass is 35.5. The Balaban J connectivity index is 2.11. The number of halogens is 2. The Morgan fingerprint density at radius 1 is 1.50 bits per heavy atom. The number of nitrogens with one attached hydrogen (secondary N) is 1. The van der Waals surface area contributed by atoms with Gasteiger partial charge in [-0.05, 0) is 31.5 Å². The van der Waals surface area contributed by atoms with Crippen LogP contribution in [0.4, 0.5) is 4.39 Å². The number of rotatable bonds is 4. The zero-order valence-electron chi connectivity index (χ0n) is 10.6. The number of ether oxygens (including phenoxy) is 1. The first-order valence-corrected chi connectivity index (χ1v) is 6.84. The van der Waals surface area contributed by atoms with E-state index >= 15 is 0 Å². The predicted octanol–water partition coefficient (Wildman–Crippen LogP) is 3.04. The van der Waals surface area contributed by atoms with Crippen molar-refractivity contribution in [3.63, 3.8) is 0 Å². The van der Waals surface area contributed by atoms with E-state index in [1.54, 1.807) is 12.1 Å². The van der Waals surface area contributed by atoms with E-state index < -0.39 is 0 Å². The van der Waals surface area contributed by atoms with Crippen LogP contribution in [-0.4, -0.2) is 25.8 Å². The van der Waals surface area contributed by atoms with Crippen molar-refractivity contribution in [2.45, 2.75) is 25.8 Å². The van der Waals surface area contributed by atoms with Crippen molar-refractivity contribution in [2.24, 2.45) is 5.92 Å². The maximum atomic E-state index is 13.8. The second-order valence-corrected chi connectivity index (χ2v) is 5.10. The maximum absolute atomic E-state index is 13.8. The molecule has 0 saturated carbocycles. The molecule has 18 heavy (non-hydrogen) atoms. The van der Waals surface area contributed by atoms with Gasteiger partial charge in [0.2, 0.25) is 0 Å². The van der Waals surface area contributed by atoms with E-state index in [1.165, 1.54) is 6.07 Å². The Bertz CT molecular complexity index is 377. The van der Waals surface area contributed by atoms with Gasteiger partial charge in [-0.1, -0.05) is 24.6 Å². The quantitative estimate of drug-likeness (QED) is 0.909. The summed E-state index contributed by atoms with van der Waals surface area (Å²) in [6.07, 6.45) is 1.60. The smallest absolute Gasteiger partial charge is 0.127 e. The van der Waals surface area contributed by atoms with Crippen molar-refractivity contribution in [2.75, 3.05) is 19.8 Å². The minimum atomic E-state index is -0.219. The fraction of sp³-hybridized carbons (Fsp3) is 0.571. The van der Waals surface area contributed by atoms with E-state index in [4.69, 9.17) is 16.3 Å². The molecule has 0 bridgehead atoms. The van der Waals surface area contributed by atoms with Gasteiger partial charge in [-0.25, -0.2) is 4.39 Å². The molecule has 1 aliphatic rings. The van der Waals surface area contributed by atoms with Gasteiger partial charge in [0.1, 0.15) is 5.82 Å². The molecule has 1 N–H and O–H groups in total. The monoisotopic (exact) mass is 271 g/mol. The summed E-state index contributed by atoms with van der Waals surface area (Å²) in [4.78, 5) is 0. The molecular weight excluding hydrogens is 253 g/mol. The van der Waals surface area contributed by atoms with Crippen LogP contribution in [0.2, 0.25) is 5.02 Å². The lowest BCUT2D eigenvalue weighted by molar-refractivity contribution is 0.0324. The van der Waals surface area contributed by atoms with Gasteiger partial charge < -0.3 is 10.1 Å². The van der Waals surface area contributed by atoms with Crippen LogP contribution in [0.3, 0.4) is 0 Å². The van der Waals surface area contributed by atoms with Gasteiger partial charge in [-0.15, -0.1) is 0 Å². The van der Waals surface area contributed by atoms with Gasteiger partial charge in [0.15, 0.2) is 0 Å². The highest BCUT2D eigenvalue weighted by Crippen LogP contribution is 2.26. The Kier molecular flexibility index (Phi) is 4.98. The SMILES string of the molecule is CCN[C@H]1CCOC[C@H]1Cc1c(F)cccc1Cl. The second kappa shape index (κ2) is 6.50. The fourth-order valence-corrected chi connectivity index (χ4v) is 2.76. The normalized spacial score (nSPS) is 24.2. The van der Waals surface area contributed by atoms with E-state index in [1.807, 2.05) is 0 Å². The van der Waals surface area contributed by atoms with Crippen LogP contribution < -0.4 is 5.32 Å². The molecule has 0 spiro atoms. The molecular formula is C14H19ClFNO. The molecule has 1 aliphatic heterocycles. The standard InChI is InChI=1S/C14H19ClFNO/c1-2-17-14-6-7-18-9-10(14)8-11-12(15)4-3-5-13(11)16/h3-5,10,14,17H,2,6-9H2,1H3/t10-,14+/m1/s1. The van der Waals surface area contributed by atoms with Crippen molar-refractivity contribution in [1.82, 2.24) is 5.32 Å². The van der Waals surface area contributed by atoms with Gasteiger partial charge in [0.25, 0.3) is 0 Å². The Labute approximate surface area is 112 Å². The molecule has 1 aromatic rings. The van der Waals surface area contributed by atoms with Crippen molar-refractivity contribution in [3.8, 4) is 0 Å². The largest absolute Gasteiger partial charge is 0.381 e. The lowest BCUT2D eigenvalue weighted by Crippen LogP contribution is -2.43. The first-order chi connectivity index (χ1) is 8.72. The average molecular weight is 272 g/mol. The van der Waals surface area contributed by atoms with Crippen LogP contribution in [0.15, 0.2) is 18.2 Å². The first kappa shape index (κ1) is 13.8. The zero-order chi connectivity index (χ0) is 13.0. The van der Waals surface area contributed by atoms with Crippen molar-refractivity contribution < 1.29 is 9.13 Å². The minimum Gasteiger partial charge on any atom is -0.381 e. The summed E-state index contributed by atoms with van der Waals surface area (Å²) < 4.78 is 19.3. The van der Waals surface area contributed by atoms with Crippen LogP contribution in [0, 0.1) is 11.7 Å². The summed E-state index contributed by atoms with van der Waals surface area (Å²) in [7, 11) is 0. The van der Waals surface area contributed by atoms with Crippen molar-refractivity contribution in [3.05, 3.63) is 34.6 Å². The summed E-state index contributed by atoms with van der Waals surface area (Å²) in [6, 6.07) is 5.23. The first-order valence-electron chi connectivity index (χ1n) is 6.46. The molecule has 1 fully saturated rings. The lowest BCUT2D eigenvalue weighted by atomic mass is 9.89. The van der Waals surface area contributed by atoms with Gasteiger partial charge in [-0.2, -0.15) is 0 Å². The summed E-state index contributed by atoms with van der Waals surface area (Å²) in [6.45, 7) is 4.45. The van der Waals surface area contributed by atoms with Gasteiger partial charge in [0.05, 0.1) is 6.61 Å². The number of hydrogen-bond donors (Lipinski definition) is 1. The van der Waals surface area contributed by atoms with E-state index in [9.17, 15) is 4.39 Å². The van der Waals surface area contributed by atoms with Gasteiger partial charge in [-0.3, -0.25) is 0 Å². The van der Waals surface area contributed by atoms with Crippen molar-refractivity contribution in [1.29, 1.82) is 0 Å². The molecule has 4 heteroatoms. The molecule has 1 heterocycles. The molecule has 0 aliphatic carbocycles. The van der Waals surface area contributed by atoms with Gasteiger partial charge in [0, 0.05) is 29.2 Å². The molecule has 0 radical (unpaired) electrons. The number of hydrogen-bond acceptors (Lipinski definition) is 2. The molecule has 2 atom stereocenters. The van der Waals surface area contributed by atoms with Crippen LogP contribution in [0.1, 0.15) is 18.9 Å². The van der Waals surface area contributed by atoms with Crippen LogP contribution in [-0.2, 0) is 11.2 Å². The Hall–Kier alpha value is -0.640. The van der Waals surface area contributed by atoms with E-state index in [2.05, 4.69) is 12.2 Å². The predicted molar refractivity (Wildman–Crippen MR) is 71.5 cm³/mol. The molecule has 0 amide bonds. The Morgan fingerprint density at radius 2 is 2.33 bits per heavy atom. The molecule has 2 rings (SSSR count). The molecule has 1 aromatic carbocycles. The second-order valence-electron chi connectivity index (χ2n) is 4.69. The van der Waals surface area contributed by atoms with Crippen LogP contribution in [0.5, 0.6) is 0 Å². The number of benzene rings is 1. The van der Waals surface area contributed by atoms with Crippen LogP contribution in [0.25, 0.3) is 0 Å². The fourth-order valence-electron chi connectivity index (χ4n) is 2.52. The lowest BCUT2D eigenvalue weighted by Gasteiger charge is -2.32. The molecule has 0 unspecified atom stereocenters. The third-order valence-electron chi connectivity index (χ3n) is 3.47. The summed E-state index contributed by atoms with van der Waals surface area (Å²) >= 11 is 6.07. The highest BCUT2D eigenvalue weighted by Gasteiger charge is 2.26. The summed E-state index contributed by atoms with van der Waals surface area (Å²) in [5.41, 5.74) is 0.609. The third kappa shape index (κ3) is 3.22. The van der Waals surface area contributed by atoms with Crippen molar-refractivity contribution >= 4 is 11.6 Å². The molecule has 100 valence electrons. The van der Waals surface area contributed by atoms with E-state index in [0.29, 0.717) is 29.7 Å². The molecule has 0 aromatic heterocycles. The average Bonchev–Trinajstić information content (AvgIpc) is 2.36. The summed E-state index contributed by atoms with van der Waals surface area (Å²) in [5, 5.41) is 3.96. The minimum absolute atomic E-state index is 0.219. The van der Waals surface area contributed by atoms with E-state index in [-0.39, 0.29) is 11.7 Å². The highest BCUT2D eigenvalue weighted by molar-refractivity contribution is 6.31. The third-order valence-corrected chi connectivity index (χ3v) is 3.82. The zero-order valence-corrected chi connectivity index (χ0v) is 11.3. The Morgan fingerprint density at radius 3 is 3.06 bits per heavy atom. The van der Waals surface area contributed by atoms with Gasteiger partial charge >= 0.3 is 0 Å². The topological polar surface area (TPSA) is 21.3 Å².